The summed E-state index contributed by atoms with van der Waals surface area (Å²) in [4.78, 5) is 37.7. The number of nitrogens with zero attached hydrogens (tertiary/aromatic N) is 2. The van der Waals surface area contributed by atoms with Crippen molar-refractivity contribution in [2.75, 3.05) is 23.3 Å². The number of nitro groups is 1. The summed E-state index contributed by atoms with van der Waals surface area (Å²) in [6, 6.07) is 29.0. The second-order valence-electron chi connectivity index (χ2n) is 8.77. The van der Waals surface area contributed by atoms with E-state index < -0.39 is 11.0 Å². The van der Waals surface area contributed by atoms with Crippen LogP contribution in [0.2, 0.25) is 0 Å². The number of carbonyl (C=O) groups is 2. The van der Waals surface area contributed by atoms with E-state index in [4.69, 9.17) is 4.74 Å². The third-order valence-corrected chi connectivity index (χ3v) is 5.86. The summed E-state index contributed by atoms with van der Waals surface area (Å²) in [6.45, 7) is 2.63. The highest BCUT2D eigenvalue weighted by Gasteiger charge is 2.17. The topological polar surface area (TPSA) is 114 Å². The van der Waals surface area contributed by atoms with Crippen LogP contribution in [0.5, 0.6) is 11.5 Å². The molecule has 0 atom stereocenters. The van der Waals surface area contributed by atoms with Gasteiger partial charge in [-0.1, -0.05) is 35.9 Å². The Kier molecular flexibility index (Phi) is 8.87. The SMILES string of the molecule is Cc1ccc(C(=O)NCCCN(C(=O)Nc2ccc([N+](=O)[O-])cc2)c2ccc(Oc3ccccc3)cc2)cc1. The molecule has 39 heavy (non-hydrogen) atoms. The summed E-state index contributed by atoms with van der Waals surface area (Å²) >= 11 is 0. The molecule has 9 nitrogen and oxygen atoms in total. The molecule has 4 rings (SSSR count). The van der Waals surface area contributed by atoms with Crippen molar-refractivity contribution in [2.45, 2.75) is 13.3 Å². The Morgan fingerprint density at radius 2 is 1.49 bits per heavy atom. The molecule has 0 aliphatic rings. The summed E-state index contributed by atoms with van der Waals surface area (Å²) in [5.74, 6) is 1.13. The number of nitrogens with one attached hydrogen (secondary N) is 2. The first-order chi connectivity index (χ1) is 18.9. The molecule has 0 radical (unpaired) electrons. The molecule has 0 saturated carbocycles. The highest BCUT2D eigenvalue weighted by atomic mass is 16.6. The van der Waals surface area contributed by atoms with Crippen molar-refractivity contribution in [1.82, 2.24) is 5.32 Å². The molecule has 0 aliphatic carbocycles. The van der Waals surface area contributed by atoms with Crippen LogP contribution >= 0.6 is 0 Å². The van der Waals surface area contributed by atoms with Crippen molar-refractivity contribution in [3.8, 4) is 11.5 Å². The average molecular weight is 525 g/mol. The molecule has 0 heterocycles. The maximum atomic E-state index is 13.3. The van der Waals surface area contributed by atoms with Gasteiger partial charge in [-0.3, -0.25) is 19.8 Å². The number of hydrogen-bond acceptors (Lipinski definition) is 5. The zero-order valence-corrected chi connectivity index (χ0v) is 21.4. The summed E-state index contributed by atoms with van der Waals surface area (Å²) in [6.07, 6.45) is 0.494. The molecule has 0 bridgehead atoms. The van der Waals surface area contributed by atoms with Gasteiger partial charge in [0.25, 0.3) is 11.6 Å². The van der Waals surface area contributed by atoms with Crippen LogP contribution in [0, 0.1) is 17.0 Å². The summed E-state index contributed by atoms with van der Waals surface area (Å²) in [7, 11) is 0. The molecule has 4 aromatic rings. The van der Waals surface area contributed by atoms with Gasteiger partial charge in [-0.25, -0.2) is 4.79 Å². The molecule has 2 N–H and O–H groups in total. The fraction of sp³-hybridized carbons (Fsp3) is 0.133. The zero-order chi connectivity index (χ0) is 27.6. The van der Waals surface area contributed by atoms with E-state index in [0.717, 1.165) is 5.56 Å². The van der Waals surface area contributed by atoms with Gasteiger partial charge in [0.05, 0.1) is 4.92 Å². The molecule has 4 aromatic carbocycles. The minimum absolute atomic E-state index is 0.0665. The third-order valence-electron chi connectivity index (χ3n) is 5.86. The van der Waals surface area contributed by atoms with E-state index in [2.05, 4.69) is 10.6 Å². The van der Waals surface area contributed by atoms with Crippen molar-refractivity contribution in [1.29, 1.82) is 0 Å². The fourth-order valence-electron chi connectivity index (χ4n) is 3.77. The minimum atomic E-state index is -0.498. The van der Waals surface area contributed by atoms with Gasteiger partial charge in [0.1, 0.15) is 11.5 Å². The maximum Gasteiger partial charge on any atom is 0.326 e. The van der Waals surface area contributed by atoms with Crippen LogP contribution in [0.3, 0.4) is 0 Å². The molecule has 0 aromatic heterocycles. The molecule has 0 unspecified atom stereocenters. The zero-order valence-electron chi connectivity index (χ0n) is 21.4. The minimum Gasteiger partial charge on any atom is -0.457 e. The van der Waals surface area contributed by atoms with E-state index in [-0.39, 0.29) is 11.6 Å². The largest absolute Gasteiger partial charge is 0.457 e. The predicted octanol–water partition coefficient (Wildman–Crippen LogP) is 6.55. The van der Waals surface area contributed by atoms with Crippen molar-refractivity contribution in [3.05, 3.63) is 124 Å². The molecule has 0 spiro atoms. The quantitative estimate of drug-likeness (QED) is 0.139. The monoisotopic (exact) mass is 524 g/mol. The van der Waals surface area contributed by atoms with Gasteiger partial charge in [-0.15, -0.1) is 0 Å². The van der Waals surface area contributed by atoms with Crippen LogP contribution in [0.1, 0.15) is 22.3 Å². The number of hydrogen-bond donors (Lipinski definition) is 2. The predicted molar refractivity (Wildman–Crippen MR) is 151 cm³/mol. The summed E-state index contributed by atoms with van der Waals surface area (Å²) in [5, 5.41) is 16.6. The lowest BCUT2D eigenvalue weighted by atomic mass is 10.1. The Labute approximate surface area is 226 Å². The average Bonchev–Trinajstić information content (AvgIpc) is 2.95. The van der Waals surface area contributed by atoms with Crippen molar-refractivity contribution < 1.29 is 19.2 Å². The summed E-state index contributed by atoms with van der Waals surface area (Å²) < 4.78 is 5.85. The lowest BCUT2D eigenvalue weighted by Crippen LogP contribution is -2.37. The van der Waals surface area contributed by atoms with Crippen molar-refractivity contribution >= 4 is 29.0 Å². The highest BCUT2D eigenvalue weighted by molar-refractivity contribution is 6.01. The number of rotatable bonds is 10. The van der Waals surface area contributed by atoms with E-state index in [1.54, 1.807) is 41.3 Å². The molecule has 198 valence electrons. The Morgan fingerprint density at radius 1 is 0.846 bits per heavy atom. The van der Waals surface area contributed by atoms with Gasteiger partial charge in [0, 0.05) is 42.2 Å². The van der Waals surface area contributed by atoms with Gasteiger partial charge in [-0.05, 0) is 74.0 Å². The smallest absolute Gasteiger partial charge is 0.326 e. The maximum absolute atomic E-state index is 13.3. The van der Waals surface area contributed by atoms with E-state index in [0.29, 0.717) is 47.9 Å². The van der Waals surface area contributed by atoms with Crippen LogP contribution in [0.15, 0.2) is 103 Å². The third kappa shape index (κ3) is 7.65. The van der Waals surface area contributed by atoms with E-state index >= 15 is 0 Å². The molecule has 0 saturated heterocycles. The Hall–Kier alpha value is -5.18. The molecular weight excluding hydrogens is 496 g/mol. The van der Waals surface area contributed by atoms with Crippen LogP contribution in [0.25, 0.3) is 0 Å². The Morgan fingerprint density at radius 3 is 2.13 bits per heavy atom. The second-order valence-corrected chi connectivity index (χ2v) is 8.77. The number of para-hydroxylation sites is 1. The number of carbonyl (C=O) groups excluding carboxylic acids is 2. The first-order valence-electron chi connectivity index (χ1n) is 12.4. The van der Waals surface area contributed by atoms with E-state index in [1.807, 2.05) is 49.4 Å². The van der Waals surface area contributed by atoms with Gasteiger partial charge in [0.15, 0.2) is 0 Å². The fourth-order valence-corrected chi connectivity index (χ4v) is 3.77. The van der Waals surface area contributed by atoms with Crippen LogP contribution in [-0.2, 0) is 0 Å². The van der Waals surface area contributed by atoms with Gasteiger partial charge in [0.2, 0.25) is 0 Å². The molecule has 0 fully saturated rings. The molecule has 0 aliphatic heterocycles. The number of non-ortho nitro benzene ring substituents is 1. The van der Waals surface area contributed by atoms with Crippen molar-refractivity contribution in [2.24, 2.45) is 0 Å². The number of amides is 3. The highest BCUT2D eigenvalue weighted by Crippen LogP contribution is 2.25. The number of urea groups is 1. The first kappa shape index (κ1) is 26.9. The molecule has 9 heteroatoms. The number of anilines is 2. The molecular formula is C30H28N4O5. The number of nitro benzene ring substituents is 1. The van der Waals surface area contributed by atoms with Crippen LogP contribution < -0.4 is 20.3 Å². The Bertz CT molecular complexity index is 1410. The lowest BCUT2D eigenvalue weighted by molar-refractivity contribution is -0.384. The number of ether oxygens (including phenoxy) is 1. The van der Waals surface area contributed by atoms with Crippen LogP contribution in [0.4, 0.5) is 21.9 Å². The van der Waals surface area contributed by atoms with Crippen molar-refractivity contribution in [3.63, 3.8) is 0 Å². The second kappa shape index (κ2) is 12.9. The first-order valence-corrected chi connectivity index (χ1v) is 12.4. The van der Waals surface area contributed by atoms with E-state index in [9.17, 15) is 19.7 Å². The Balaban J connectivity index is 1.43. The standard InChI is InChI=1S/C30H28N4O5/c1-22-8-10-23(11-9-22)29(35)31-20-5-21-33(30(36)32-24-12-14-26(15-13-24)34(37)38)25-16-18-28(19-17-25)39-27-6-3-2-4-7-27/h2-4,6-19H,5,20-21H2,1H3,(H,31,35)(H,32,36). The van der Waals surface area contributed by atoms with Crippen LogP contribution in [-0.4, -0.2) is 30.0 Å². The van der Waals surface area contributed by atoms with Gasteiger partial charge < -0.3 is 15.4 Å². The van der Waals surface area contributed by atoms with E-state index in [1.165, 1.54) is 24.3 Å². The lowest BCUT2D eigenvalue weighted by Gasteiger charge is -2.24. The summed E-state index contributed by atoms with van der Waals surface area (Å²) in [5.41, 5.74) is 2.62. The number of aryl methyl sites for hydroxylation is 1. The van der Waals surface area contributed by atoms with Gasteiger partial charge in [-0.2, -0.15) is 0 Å². The molecule has 3 amide bonds. The van der Waals surface area contributed by atoms with Gasteiger partial charge >= 0.3 is 6.03 Å². The normalized spacial score (nSPS) is 10.4. The number of benzene rings is 4.